The molecule has 0 fully saturated rings. The quantitative estimate of drug-likeness (QED) is 0.714. The molecule has 0 aliphatic heterocycles. The highest BCUT2D eigenvalue weighted by Crippen LogP contribution is 2.12. The van der Waals surface area contributed by atoms with Gasteiger partial charge in [0, 0.05) is 0 Å². The lowest BCUT2D eigenvalue weighted by atomic mass is 10.2. The van der Waals surface area contributed by atoms with Gasteiger partial charge in [0.2, 0.25) is 0 Å². The van der Waals surface area contributed by atoms with Gasteiger partial charge in [0.1, 0.15) is 12.2 Å². The van der Waals surface area contributed by atoms with Crippen LogP contribution in [0.25, 0.3) is 0 Å². The van der Waals surface area contributed by atoms with Gasteiger partial charge in [-0.2, -0.15) is 9.78 Å². The highest BCUT2D eigenvalue weighted by atomic mass is 16.6. The van der Waals surface area contributed by atoms with Crippen LogP contribution in [-0.4, -0.2) is 28.1 Å². The monoisotopic (exact) mass is 222 g/mol. The Kier molecular flexibility index (Phi) is 3.56. The van der Waals surface area contributed by atoms with E-state index < -0.39 is 11.7 Å². The van der Waals surface area contributed by atoms with E-state index in [1.54, 1.807) is 20.8 Å². The van der Waals surface area contributed by atoms with Crippen LogP contribution in [0.2, 0.25) is 0 Å². The van der Waals surface area contributed by atoms with Gasteiger partial charge in [-0.15, -0.1) is 6.42 Å². The van der Waals surface area contributed by atoms with E-state index in [1.807, 2.05) is 0 Å². The van der Waals surface area contributed by atoms with Crippen molar-refractivity contribution < 1.29 is 14.3 Å². The third-order valence-electron chi connectivity index (χ3n) is 1.46. The Morgan fingerprint density at radius 1 is 1.62 bits per heavy atom. The van der Waals surface area contributed by atoms with Crippen molar-refractivity contribution in [1.29, 1.82) is 0 Å². The first-order valence-electron chi connectivity index (χ1n) is 4.76. The van der Waals surface area contributed by atoms with E-state index >= 15 is 0 Å². The van der Waals surface area contributed by atoms with Gasteiger partial charge in [-0.05, 0) is 20.8 Å². The molecule has 0 saturated carbocycles. The van der Waals surface area contributed by atoms with Crippen LogP contribution in [0.15, 0.2) is 12.4 Å². The summed E-state index contributed by atoms with van der Waals surface area (Å²) in [6.45, 7) is 5.48. The van der Waals surface area contributed by atoms with Crippen LogP contribution in [0.1, 0.15) is 20.8 Å². The first kappa shape index (κ1) is 12.1. The van der Waals surface area contributed by atoms with Gasteiger partial charge in [-0.1, -0.05) is 5.92 Å². The number of nitrogens with zero attached hydrogens (tertiary/aromatic N) is 2. The number of hydrogen-bond acceptors (Lipinski definition) is 4. The zero-order valence-corrected chi connectivity index (χ0v) is 9.56. The summed E-state index contributed by atoms with van der Waals surface area (Å²) in [6, 6.07) is 0. The summed E-state index contributed by atoms with van der Waals surface area (Å²) in [5, 5.41) is 3.80. The molecule has 5 heteroatoms. The molecule has 0 bridgehead atoms. The number of terminal acetylenes is 1. The van der Waals surface area contributed by atoms with Crippen LogP contribution < -0.4 is 4.74 Å². The van der Waals surface area contributed by atoms with Crippen molar-refractivity contribution in [3.63, 3.8) is 0 Å². The number of aromatic nitrogens is 2. The van der Waals surface area contributed by atoms with E-state index in [1.165, 1.54) is 12.4 Å². The van der Waals surface area contributed by atoms with Crippen LogP contribution in [-0.2, 0) is 4.74 Å². The minimum absolute atomic E-state index is 0.139. The number of rotatable bonds is 2. The summed E-state index contributed by atoms with van der Waals surface area (Å²) in [5.74, 6) is 2.75. The molecule has 0 spiro atoms. The average molecular weight is 222 g/mol. The molecule has 1 aromatic heterocycles. The van der Waals surface area contributed by atoms with Crippen LogP contribution in [0.4, 0.5) is 4.79 Å². The second-order valence-electron chi connectivity index (χ2n) is 4.09. The predicted octanol–water partition coefficient (Wildman–Crippen LogP) is 1.68. The van der Waals surface area contributed by atoms with Crippen LogP contribution in [0, 0.1) is 12.3 Å². The Labute approximate surface area is 94.3 Å². The molecule has 0 aromatic carbocycles. The van der Waals surface area contributed by atoms with Crippen molar-refractivity contribution >= 4 is 6.09 Å². The van der Waals surface area contributed by atoms with Crippen molar-refractivity contribution in [1.82, 2.24) is 9.78 Å². The van der Waals surface area contributed by atoms with Crippen molar-refractivity contribution in [2.75, 3.05) is 6.61 Å². The summed E-state index contributed by atoms with van der Waals surface area (Å²) in [5.41, 5.74) is -0.553. The second-order valence-corrected chi connectivity index (χ2v) is 4.09. The van der Waals surface area contributed by atoms with Gasteiger partial charge >= 0.3 is 6.09 Å². The highest BCUT2D eigenvalue weighted by molar-refractivity contribution is 5.70. The molecule has 0 atom stereocenters. The molecule has 0 aliphatic carbocycles. The van der Waals surface area contributed by atoms with E-state index in [0.717, 1.165) is 4.68 Å². The summed E-state index contributed by atoms with van der Waals surface area (Å²) in [6.07, 6.45) is 7.31. The summed E-state index contributed by atoms with van der Waals surface area (Å²) in [4.78, 5) is 11.5. The fourth-order valence-electron chi connectivity index (χ4n) is 0.914. The molecule has 86 valence electrons. The van der Waals surface area contributed by atoms with Gasteiger partial charge in [-0.25, -0.2) is 4.79 Å². The predicted molar refractivity (Wildman–Crippen MR) is 58.2 cm³/mol. The molecular formula is C11H14N2O3. The number of hydrogen-bond donors (Lipinski definition) is 0. The topological polar surface area (TPSA) is 53.4 Å². The SMILES string of the molecule is C#CCOc1cnn(C(=O)OC(C)(C)C)c1. The van der Waals surface area contributed by atoms with Crippen LogP contribution in [0.5, 0.6) is 5.75 Å². The average Bonchev–Trinajstić information content (AvgIpc) is 2.60. The molecule has 1 aromatic rings. The van der Waals surface area contributed by atoms with Gasteiger partial charge in [-0.3, -0.25) is 0 Å². The highest BCUT2D eigenvalue weighted by Gasteiger charge is 2.18. The summed E-state index contributed by atoms with van der Waals surface area (Å²) >= 11 is 0. The van der Waals surface area contributed by atoms with Crippen molar-refractivity contribution in [2.24, 2.45) is 0 Å². The van der Waals surface area contributed by atoms with Crippen molar-refractivity contribution in [3.05, 3.63) is 12.4 Å². The van der Waals surface area contributed by atoms with E-state index in [4.69, 9.17) is 15.9 Å². The third-order valence-corrected chi connectivity index (χ3v) is 1.46. The van der Waals surface area contributed by atoms with Crippen molar-refractivity contribution in [3.8, 4) is 18.1 Å². The summed E-state index contributed by atoms with van der Waals surface area (Å²) in [7, 11) is 0. The van der Waals surface area contributed by atoms with Gasteiger partial charge in [0.15, 0.2) is 5.75 Å². The van der Waals surface area contributed by atoms with E-state index in [2.05, 4.69) is 11.0 Å². The minimum atomic E-state index is -0.553. The molecule has 0 unspecified atom stereocenters. The van der Waals surface area contributed by atoms with Gasteiger partial charge in [0.05, 0.1) is 12.4 Å². The molecule has 5 nitrogen and oxygen atoms in total. The smallest absolute Gasteiger partial charge is 0.435 e. The molecule has 1 heterocycles. The van der Waals surface area contributed by atoms with Crippen LogP contribution in [0.3, 0.4) is 0 Å². The maximum atomic E-state index is 11.5. The first-order chi connectivity index (χ1) is 7.42. The first-order valence-corrected chi connectivity index (χ1v) is 4.76. The number of carbonyl (C=O) groups is 1. The Morgan fingerprint density at radius 3 is 2.88 bits per heavy atom. The minimum Gasteiger partial charge on any atom is -0.478 e. The molecule has 16 heavy (non-hydrogen) atoms. The van der Waals surface area contributed by atoms with Gasteiger partial charge < -0.3 is 9.47 Å². The molecule has 0 N–H and O–H groups in total. The number of ether oxygens (including phenoxy) is 2. The molecular weight excluding hydrogens is 208 g/mol. The largest absolute Gasteiger partial charge is 0.478 e. The maximum Gasteiger partial charge on any atom is 0.435 e. The molecule has 1 rings (SSSR count). The zero-order chi connectivity index (χ0) is 12.2. The normalized spacial score (nSPS) is 10.6. The molecule has 0 amide bonds. The molecule has 0 saturated heterocycles. The zero-order valence-electron chi connectivity index (χ0n) is 9.56. The lowest BCUT2D eigenvalue weighted by Crippen LogP contribution is -2.27. The maximum absolute atomic E-state index is 11.5. The fraction of sp³-hybridized carbons (Fsp3) is 0.455. The van der Waals surface area contributed by atoms with Gasteiger partial charge in [0.25, 0.3) is 0 Å². The van der Waals surface area contributed by atoms with E-state index in [-0.39, 0.29) is 6.61 Å². The molecule has 0 radical (unpaired) electrons. The Bertz CT molecular complexity index is 410. The molecule has 0 aliphatic rings. The van der Waals surface area contributed by atoms with Crippen LogP contribution >= 0.6 is 0 Å². The van der Waals surface area contributed by atoms with E-state index in [0.29, 0.717) is 5.75 Å². The lowest BCUT2D eigenvalue weighted by Gasteiger charge is -2.18. The lowest BCUT2D eigenvalue weighted by molar-refractivity contribution is 0.0514. The third kappa shape index (κ3) is 3.65. The second kappa shape index (κ2) is 4.71. The van der Waals surface area contributed by atoms with E-state index in [9.17, 15) is 4.79 Å². The van der Waals surface area contributed by atoms with Crippen molar-refractivity contribution in [2.45, 2.75) is 26.4 Å². The number of carbonyl (C=O) groups excluding carboxylic acids is 1. The Morgan fingerprint density at radius 2 is 2.31 bits per heavy atom. The Balaban J connectivity index is 2.64. The standard InChI is InChI=1S/C11H14N2O3/c1-5-6-15-9-7-12-13(8-9)10(14)16-11(2,3)4/h1,7-8H,6H2,2-4H3. The Hall–Kier alpha value is -1.96. The summed E-state index contributed by atoms with van der Waals surface area (Å²) < 4.78 is 11.3. The fourth-order valence-corrected chi connectivity index (χ4v) is 0.914.